The number of hydrogen-bond acceptors (Lipinski definition) is 3. The second kappa shape index (κ2) is 6.32. The van der Waals surface area contributed by atoms with Gasteiger partial charge >= 0.3 is 0 Å². The lowest BCUT2D eigenvalue weighted by Gasteiger charge is -2.10. The topological polar surface area (TPSA) is 37.8 Å². The number of nitrogens with one attached hydrogen (secondary N) is 1. The highest BCUT2D eigenvalue weighted by molar-refractivity contribution is 14.1. The second-order valence-electron chi connectivity index (χ2n) is 4.31. The van der Waals surface area contributed by atoms with Crippen LogP contribution in [0.25, 0.3) is 11.4 Å². The largest absolute Gasteiger partial charge is 0.372 e. The maximum atomic E-state index is 4.67. The van der Waals surface area contributed by atoms with Crippen LogP contribution in [0.5, 0.6) is 0 Å². The van der Waals surface area contributed by atoms with Gasteiger partial charge in [-0.15, -0.1) is 0 Å². The van der Waals surface area contributed by atoms with Gasteiger partial charge in [-0.25, -0.2) is 9.97 Å². The molecule has 1 N–H and O–H groups in total. The zero-order valence-corrected chi connectivity index (χ0v) is 13.7. The standard InChI is InChI=1S/C15H18IN3/c1-4-10-6-8-11(9-7-10)14-18-12(5-2)13(16)15(17-3)19-14/h6-9H,4-5H2,1-3H3,(H,17,18,19). The summed E-state index contributed by atoms with van der Waals surface area (Å²) in [5.74, 6) is 1.70. The smallest absolute Gasteiger partial charge is 0.161 e. The molecule has 0 bridgehead atoms. The van der Waals surface area contributed by atoms with Crippen LogP contribution in [-0.4, -0.2) is 17.0 Å². The van der Waals surface area contributed by atoms with Crippen molar-refractivity contribution in [3.8, 4) is 11.4 Å². The summed E-state index contributed by atoms with van der Waals surface area (Å²) in [7, 11) is 1.90. The molecular weight excluding hydrogens is 349 g/mol. The molecule has 0 saturated heterocycles. The van der Waals surface area contributed by atoms with E-state index in [0.29, 0.717) is 0 Å². The van der Waals surface area contributed by atoms with Crippen molar-refractivity contribution < 1.29 is 0 Å². The summed E-state index contributed by atoms with van der Waals surface area (Å²) in [6, 6.07) is 8.47. The van der Waals surface area contributed by atoms with E-state index in [9.17, 15) is 0 Å². The Bertz CT molecular complexity index is 539. The molecule has 0 aliphatic carbocycles. The predicted octanol–water partition coefficient (Wildman–Crippen LogP) is 3.91. The maximum Gasteiger partial charge on any atom is 0.161 e. The number of nitrogens with zero attached hydrogens (tertiary/aromatic N) is 2. The van der Waals surface area contributed by atoms with Crippen LogP contribution in [0.15, 0.2) is 24.3 Å². The van der Waals surface area contributed by atoms with E-state index in [2.05, 4.69) is 76.0 Å². The lowest BCUT2D eigenvalue weighted by atomic mass is 10.1. The van der Waals surface area contributed by atoms with Gasteiger partial charge in [-0.1, -0.05) is 38.1 Å². The van der Waals surface area contributed by atoms with Crippen LogP contribution < -0.4 is 5.32 Å². The van der Waals surface area contributed by atoms with Gasteiger partial charge < -0.3 is 5.32 Å². The molecule has 0 saturated carbocycles. The van der Waals surface area contributed by atoms with E-state index >= 15 is 0 Å². The van der Waals surface area contributed by atoms with Gasteiger partial charge in [0.05, 0.1) is 9.26 Å². The highest BCUT2D eigenvalue weighted by Crippen LogP contribution is 2.24. The summed E-state index contributed by atoms with van der Waals surface area (Å²) in [6.45, 7) is 4.28. The fourth-order valence-electron chi connectivity index (χ4n) is 1.91. The molecule has 0 unspecified atom stereocenters. The normalized spacial score (nSPS) is 10.5. The summed E-state index contributed by atoms with van der Waals surface area (Å²) in [6.07, 6.45) is 1.96. The molecular formula is C15H18IN3. The van der Waals surface area contributed by atoms with E-state index in [1.165, 1.54) is 5.56 Å². The first-order chi connectivity index (χ1) is 9.19. The van der Waals surface area contributed by atoms with Crippen molar-refractivity contribution in [2.45, 2.75) is 26.7 Å². The van der Waals surface area contributed by atoms with Gasteiger partial charge in [0, 0.05) is 12.6 Å². The van der Waals surface area contributed by atoms with E-state index in [1.807, 2.05) is 7.05 Å². The minimum absolute atomic E-state index is 0.796. The number of halogens is 1. The van der Waals surface area contributed by atoms with Crippen LogP contribution in [0.1, 0.15) is 25.1 Å². The zero-order valence-electron chi connectivity index (χ0n) is 11.5. The van der Waals surface area contributed by atoms with Crippen molar-refractivity contribution in [2.75, 3.05) is 12.4 Å². The van der Waals surface area contributed by atoms with E-state index in [0.717, 1.165) is 39.3 Å². The first-order valence-electron chi connectivity index (χ1n) is 6.53. The molecule has 1 aromatic heterocycles. The quantitative estimate of drug-likeness (QED) is 0.833. The molecule has 0 aliphatic heterocycles. The number of hydrogen-bond donors (Lipinski definition) is 1. The van der Waals surface area contributed by atoms with Gasteiger partial charge in [0.2, 0.25) is 0 Å². The van der Waals surface area contributed by atoms with Crippen molar-refractivity contribution in [3.63, 3.8) is 0 Å². The van der Waals surface area contributed by atoms with Crippen molar-refractivity contribution >= 4 is 28.4 Å². The van der Waals surface area contributed by atoms with Crippen LogP contribution >= 0.6 is 22.6 Å². The summed E-state index contributed by atoms with van der Waals surface area (Å²) in [5.41, 5.74) is 3.49. The van der Waals surface area contributed by atoms with Crippen LogP contribution in [0.4, 0.5) is 5.82 Å². The average molecular weight is 367 g/mol. The minimum atomic E-state index is 0.796. The van der Waals surface area contributed by atoms with Crippen molar-refractivity contribution in [1.82, 2.24) is 9.97 Å². The van der Waals surface area contributed by atoms with E-state index in [-0.39, 0.29) is 0 Å². The molecule has 3 nitrogen and oxygen atoms in total. The highest BCUT2D eigenvalue weighted by Gasteiger charge is 2.11. The van der Waals surface area contributed by atoms with Crippen molar-refractivity contribution in [2.24, 2.45) is 0 Å². The molecule has 0 radical (unpaired) electrons. The fourth-order valence-corrected chi connectivity index (χ4v) is 2.80. The fraction of sp³-hybridized carbons (Fsp3) is 0.333. The molecule has 1 heterocycles. The number of rotatable bonds is 4. The molecule has 0 aliphatic rings. The Balaban J connectivity index is 2.48. The van der Waals surface area contributed by atoms with E-state index < -0.39 is 0 Å². The highest BCUT2D eigenvalue weighted by atomic mass is 127. The Morgan fingerprint density at radius 1 is 1.05 bits per heavy atom. The molecule has 0 spiro atoms. The van der Waals surface area contributed by atoms with Gasteiger partial charge in [-0.05, 0) is 41.0 Å². The molecule has 2 rings (SSSR count). The van der Waals surface area contributed by atoms with Crippen LogP contribution in [0, 0.1) is 3.57 Å². The average Bonchev–Trinajstić information content (AvgIpc) is 2.47. The summed E-state index contributed by atoms with van der Waals surface area (Å²) >= 11 is 2.30. The third-order valence-corrected chi connectivity index (χ3v) is 4.25. The predicted molar refractivity (Wildman–Crippen MR) is 88.5 cm³/mol. The molecule has 0 atom stereocenters. The molecule has 4 heteroatoms. The van der Waals surface area contributed by atoms with Gasteiger partial charge in [0.25, 0.3) is 0 Å². The third kappa shape index (κ3) is 3.05. The first kappa shape index (κ1) is 14.2. The Morgan fingerprint density at radius 3 is 2.26 bits per heavy atom. The maximum absolute atomic E-state index is 4.67. The van der Waals surface area contributed by atoms with Gasteiger partial charge in [0.1, 0.15) is 5.82 Å². The number of aryl methyl sites for hydroxylation is 2. The van der Waals surface area contributed by atoms with Crippen LogP contribution in [0.2, 0.25) is 0 Å². The van der Waals surface area contributed by atoms with Crippen LogP contribution in [-0.2, 0) is 12.8 Å². The first-order valence-corrected chi connectivity index (χ1v) is 7.60. The van der Waals surface area contributed by atoms with Crippen molar-refractivity contribution in [1.29, 1.82) is 0 Å². The molecule has 0 amide bonds. The number of benzene rings is 1. The van der Waals surface area contributed by atoms with Gasteiger partial charge in [0.15, 0.2) is 5.82 Å². The Kier molecular flexibility index (Phi) is 4.74. The summed E-state index contributed by atoms with van der Waals surface area (Å²) in [5, 5.41) is 3.14. The minimum Gasteiger partial charge on any atom is -0.372 e. The van der Waals surface area contributed by atoms with E-state index in [4.69, 9.17) is 0 Å². The zero-order chi connectivity index (χ0) is 13.8. The molecule has 19 heavy (non-hydrogen) atoms. The third-order valence-electron chi connectivity index (χ3n) is 3.11. The molecule has 100 valence electrons. The van der Waals surface area contributed by atoms with Gasteiger partial charge in [-0.3, -0.25) is 0 Å². The monoisotopic (exact) mass is 367 g/mol. The Morgan fingerprint density at radius 2 is 1.74 bits per heavy atom. The summed E-state index contributed by atoms with van der Waals surface area (Å²) < 4.78 is 1.11. The molecule has 0 fully saturated rings. The lowest BCUT2D eigenvalue weighted by molar-refractivity contribution is 0.989. The second-order valence-corrected chi connectivity index (χ2v) is 5.39. The Hall–Kier alpha value is -1.17. The number of anilines is 1. The number of aromatic nitrogens is 2. The molecule has 1 aromatic carbocycles. The molecule has 2 aromatic rings. The van der Waals surface area contributed by atoms with Crippen LogP contribution in [0.3, 0.4) is 0 Å². The van der Waals surface area contributed by atoms with E-state index in [1.54, 1.807) is 0 Å². The van der Waals surface area contributed by atoms with Gasteiger partial charge in [-0.2, -0.15) is 0 Å². The summed E-state index contributed by atoms with van der Waals surface area (Å²) in [4.78, 5) is 9.26. The lowest BCUT2D eigenvalue weighted by Crippen LogP contribution is -2.04. The SMILES string of the molecule is CCc1ccc(-c2nc(CC)c(I)c(NC)n2)cc1. The Labute approximate surface area is 128 Å². The van der Waals surface area contributed by atoms with Crippen molar-refractivity contribution in [3.05, 3.63) is 39.1 Å².